The summed E-state index contributed by atoms with van der Waals surface area (Å²) in [6.07, 6.45) is 0.739. The molecule has 0 spiro atoms. The molecule has 3 N–H and O–H groups in total. The third kappa shape index (κ3) is 3.30. The number of carbonyl (C=O) groups excluding carboxylic acids is 1. The smallest absolute Gasteiger partial charge is 0.241 e. The molecule has 0 radical (unpaired) electrons. The normalized spacial score (nSPS) is 10.5. The average molecular weight is 265 g/mol. The number of rotatable bonds is 5. The van der Waals surface area contributed by atoms with Crippen LogP contribution in [0, 0.1) is 6.92 Å². The van der Waals surface area contributed by atoms with Crippen molar-refractivity contribution in [2.24, 2.45) is 0 Å². The third-order valence-electron chi connectivity index (χ3n) is 2.41. The summed E-state index contributed by atoms with van der Waals surface area (Å²) < 4.78 is 1.49. The van der Waals surface area contributed by atoms with E-state index in [1.165, 1.54) is 4.68 Å². The Morgan fingerprint density at radius 1 is 1.61 bits per heavy atom. The van der Waals surface area contributed by atoms with Gasteiger partial charge in [0.05, 0.1) is 16.9 Å². The zero-order valence-corrected chi connectivity index (χ0v) is 10.9. The summed E-state index contributed by atoms with van der Waals surface area (Å²) >= 11 is 1.55. The van der Waals surface area contributed by atoms with Crippen LogP contribution in [0.4, 0.5) is 5.82 Å². The van der Waals surface area contributed by atoms with Crippen LogP contribution in [0.15, 0.2) is 17.0 Å². The Morgan fingerprint density at radius 3 is 3.06 bits per heavy atom. The third-order valence-corrected chi connectivity index (χ3v) is 3.05. The number of hydrogen-bond donors (Lipinski definition) is 2. The molecule has 18 heavy (non-hydrogen) atoms. The van der Waals surface area contributed by atoms with Gasteiger partial charge in [-0.2, -0.15) is 5.10 Å². The van der Waals surface area contributed by atoms with Crippen molar-refractivity contribution in [3.05, 3.63) is 28.3 Å². The van der Waals surface area contributed by atoms with Crippen LogP contribution in [0.1, 0.15) is 11.4 Å². The Bertz CT molecular complexity index is 520. The highest BCUT2D eigenvalue weighted by Gasteiger charge is 2.07. The number of amides is 1. The molecule has 0 bridgehead atoms. The number of anilines is 1. The highest BCUT2D eigenvalue weighted by molar-refractivity contribution is 7.07. The van der Waals surface area contributed by atoms with E-state index in [-0.39, 0.29) is 12.5 Å². The van der Waals surface area contributed by atoms with Crippen molar-refractivity contribution >= 4 is 23.1 Å². The standard InChI is InChI=1S/C11H15N5OS/c1-8-4-10(12)16(15-8)5-11(17)13-3-2-9-6-18-7-14-9/h4,6-7H,2-3,5,12H2,1H3,(H,13,17). The number of nitrogen functional groups attached to an aromatic ring is 1. The Labute approximate surface area is 109 Å². The number of aromatic nitrogens is 3. The number of nitrogens with two attached hydrogens (primary N) is 1. The minimum atomic E-state index is -0.0972. The number of nitrogens with zero attached hydrogens (tertiary/aromatic N) is 3. The SMILES string of the molecule is Cc1cc(N)n(CC(=O)NCCc2cscn2)n1. The molecular weight excluding hydrogens is 250 g/mol. The number of carbonyl (C=O) groups is 1. The number of aryl methyl sites for hydroxylation is 1. The van der Waals surface area contributed by atoms with E-state index in [1.54, 1.807) is 22.9 Å². The van der Waals surface area contributed by atoms with Crippen LogP contribution in [0.2, 0.25) is 0 Å². The van der Waals surface area contributed by atoms with E-state index in [1.807, 2.05) is 12.3 Å². The van der Waals surface area contributed by atoms with E-state index in [0.717, 1.165) is 17.8 Å². The molecule has 2 heterocycles. The Kier molecular flexibility index (Phi) is 3.93. The summed E-state index contributed by atoms with van der Waals surface area (Å²) in [5.74, 6) is 0.405. The van der Waals surface area contributed by atoms with Crippen molar-refractivity contribution in [3.63, 3.8) is 0 Å². The van der Waals surface area contributed by atoms with Gasteiger partial charge in [-0.05, 0) is 6.92 Å². The van der Waals surface area contributed by atoms with E-state index in [4.69, 9.17) is 5.73 Å². The van der Waals surface area contributed by atoms with E-state index in [9.17, 15) is 4.79 Å². The quantitative estimate of drug-likeness (QED) is 0.828. The van der Waals surface area contributed by atoms with Crippen molar-refractivity contribution in [2.75, 3.05) is 12.3 Å². The van der Waals surface area contributed by atoms with E-state index >= 15 is 0 Å². The second-order valence-electron chi connectivity index (χ2n) is 3.95. The monoisotopic (exact) mass is 265 g/mol. The van der Waals surface area contributed by atoms with Gasteiger partial charge in [-0.15, -0.1) is 11.3 Å². The first-order chi connectivity index (χ1) is 8.65. The second kappa shape index (κ2) is 5.63. The molecule has 0 aliphatic carbocycles. The lowest BCUT2D eigenvalue weighted by Gasteiger charge is -2.05. The first-order valence-corrected chi connectivity index (χ1v) is 6.53. The lowest BCUT2D eigenvalue weighted by molar-refractivity contribution is -0.121. The van der Waals surface area contributed by atoms with Gasteiger partial charge < -0.3 is 11.1 Å². The van der Waals surface area contributed by atoms with Crippen LogP contribution in [-0.4, -0.2) is 27.2 Å². The predicted molar refractivity (Wildman–Crippen MR) is 70.2 cm³/mol. The molecule has 0 fully saturated rings. The molecule has 0 aliphatic rings. The largest absolute Gasteiger partial charge is 0.384 e. The Hall–Kier alpha value is -1.89. The molecule has 0 aliphatic heterocycles. The summed E-state index contributed by atoms with van der Waals surface area (Å²) in [5, 5.41) is 8.92. The molecule has 0 aromatic carbocycles. The molecule has 0 atom stereocenters. The van der Waals surface area contributed by atoms with Crippen LogP contribution in [0.3, 0.4) is 0 Å². The molecular formula is C11H15N5OS. The molecule has 7 heteroatoms. The van der Waals surface area contributed by atoms with Crippen LogP contribution < -0.4 is 11.1 Å². The first kappa shape index (κ1) is 12.6. The molecule has 2 rings (SSSR count). The second-order valence-corrected chi connectivity index (χ2v) is 4.67. The van der Waals surface area contributed by atoms with Crippen molar-refractivity contribution in [2.45, 2.75) is 19.9 Å². The van der Waals surface area contributed by atoms with Crippen LogP contribution >= 0.6 is 11.3 Å². The van der Waals surface area contributed by atoms with E-state index in [2.05, 4.69) is 15.4 Å². The van der Waals surface area contributed by atoms with Gasteiger partial charge in [0.1, 0.15) is 12.4 Å². The molecule has 2 aromatic heterocycles. The molecule has 1 amide bonds. The summed E-state index contributed by atoms with van der Waals surface area (Å²) in [7, 11) is 0. The summed E-state index contributed by atoms with van der Waals surface area (Å²) in [6.45, 7) is 2.56. The minimum absolute atomic E-state index is 0.0972. The fraction of sp³-hybridized carbons (Fsp3) is 0.364. The van der Waals surface area contributed by atoms with Crippen LogP contribution in [-0.2, 0) is 17.8 Å². The molecule has 6 nitrogen and oxygen atoms in total. The number of hydrogen-bond acceptors (Lipinski definition) is 5. The van der Waals surface area contributed by atoms with Crippen LogP contribution in [0.5, 0.6) is 0 Å². The molecule has 0 saturated heterocycles. The highest BCUT2D eigenvalue weighted by Crippen LogP contribution is 2.04. The van der Waals surface area contributed by atoms with Gasteiger partial charge in [0.15, 0.2) is 0 Å². The van der Waals surface area contributed by atoms with Crippen molar-refractivity contribution in [1.82, 2.24) is 20.1 Å². The predicted octanol–water partition coefficient (Wildman–Crippen LogP) is 0.589. The van der Waals surface area contributed by atoms with E-state index in [0.29, 0.717) is 12.4 Å². The van der Waals surface area contributed by atoms with Gasteiger partial charge in [0.25, 0.3) is 0 Å². The fourth-order valence-corrected chi connectivity index (χ4v) is 2.17. The lowest BCUT2D eigenvalue weighted by atomic mass is 10.3. The maximum atomic E-state index is 11.7. The summed E-state index contributed by atoms with van der Waals surface area (Å²) in [5.41, 5.74) is 9.29. The molecule has 2 aromatic rings. The molecule has 0 unspecified atom stereocenters. The molecule has 0 saturated carbocycles. The Morgan fingerprint density at radius 2 is 2.44 bits per heavy atom. The maximum Gasteiger partial charge on any atom is 0.241 e. The van der Waals surface area contributed by atoms with Crippen molar-refractivity contribution < 1.29 is 4.79 Å². The van der Waals surface area contributed by atoms with Gasteiger partial charge in [-0.25, -0.2) is 9.67 Å². The first-order valence-electron chi connectivity index (χ1n) is 5.59. The van der Waals surface area contributed by atoms with Crippen molar-refractivity contribution in [3.8, 4) is 0 Å². The van der Waals surface area contributed by atoms with Gasteiger partial charge in [-0.1, -0.05) is 0 Å². The average Bonchev–Trinajstić information content (AvgIpc) is 2.90. The zero-order chi connectivity index (χ0) is 13.0. The lowest BCUT2D eigenvalue weighted by Crippen LogP contribution is -2.30. The van der Waals surface area contributed by atoms with Gasteiger partial charge in [-0.3, -0.25) is 4.79 Å². The summed E-state index contributed by atoms with van der Waals surface area (Å²) in [4.78, 5) is 15.8. The minimum Gasteiger partial charge on any atom is -0.384 e. The Balaban J connectivity index is 1.77. The fourth-order valence-electron chi connectivity index (χ4n) is 1.58. The van der Waals surface area contributed by atoms with Crippen molar-refractivity contribution in [1.29, 1.82) is 0 Å². The van der Waals surface area contributed by atoms with Crippen LogP contribution in [0.25, 0.3) is 0 Å². The zero-order valence-electron chi connectivity index (χ0n) is 10.1. The van der Waals surface area contributed by atoms with Gasteiger partial charge in [0, 0.05) is 24.4 Å². The maximum absolute atomic E-state index is 11.7. The topological polar surface area (TPSA) is 85.8 Å². The summed E-state index contributed by atoms with van der Waals surface area (Å²) in [6, 6.07) is 1.74. The highest BCUT2D eigenvalue weighted by atomic mass is 32.1. The number of nitrogens with one attached hydrogen (secondary N) is 1. The molecule has 96 valence electrons. The van der Waals surface area contributed by atoms with Gasteiger partial charge >= 0.3 is 0 Å². The number of thiazole rings is 1. The van der Waals surface area contributed by atoms with Gasteiger partial charge in [0.2, 0.25) is 5.91 Å². The van der Waals surface area contributed by atoms with E-state index < -0.39 is 0 Å².